The van der Waals surface area contributed by atoms with Gasteiger partial charge in [-0.05, 0) is 28.5 Å². The molecule has 1 unspecified atom stereocenters. The third-order valence-corrected chi connectivity index (χ3v) is 5.67. The Hall–Kier alpha value is -1.06. The second-order valence-electron chi connectivity index (χ2n) is 6.98. The van der Waals surface area contributed by atoms with Crippen molar-refractivity contribution >= 4 is 17.5 Å². The minimum Gasteiger partial charge on any atom is -0.318 e. The molecule has 0 spiro atoms. The number of nitrogens with one attached hydrogen (secondary N) is 1. The minimum atomic E-state index is -0.0363. The summed E-state index contributed by atoms with van der Waals surface area (Å²) < 4.78 is 0. The van der Waals surface area contributed by atoms with Gasteiger partial charge in [-0.1, -0.05) is 51.4 Å². The van der Waals surface area contributed by atoms with Crippen LogP contribution >= 0.6 is 11.6 Å². The zero-order chi connectivity index (χ0) is 14.7. The van der Waals surface area contributed by atoms with E-state index < -0.39 is 0 Å². The largest absolute Gasteiger partial charge is 0.318 e. The highest BCUT2D eigenvalue weighted by molar-refractivity contribution is 6.30. The Morgan fingerprint density at radius 3 is 2.20 bits per heavy atom. The lowest BCUT2D eigenvalue weighted by Gasteiger charge is -2.27. The predicted molar refractivity (Wildman–Crippen MR) is 80.4 cm³/mol. The summed E-state index contributed by atoms with van der Waals surface area (Å²) in [5, 5.41) is 4.04. The fraction of sp³-hybridized carbons (Fsp3) is 0.562. The van der Waals surface area contributed by atoms with E-state index in [1.165, 1.54) is 0 Å². The molecule has 1 saturated heterocycles. The minimum absolute atomic E-state index is 0.0363. The van der Waals surface area contributed by atoms with Gasteiger partial charge < -0.3 is 4.90 Å². The average molecular weight is 293 g/mol. The van der Waals surface area contributed by atoms with Crippen LogP contribution in [0.25, 0.3) is 0 Å². The van der Waals surface area contributed by atoms with Crippen LogP contribution in [0.15, 0.2) is 24.3 Å². The number of carbonyl (C=O) groups excluding carboxylic acids is 1. The third-order valence-electron chi connectivity index (χ3n) is 5.42. The smallest absolute Gasteiger partial charge is 0.238 e. The second-order valence-corrected chi connectivity index (χ2v) is 7.42. The summed E-state index contributed by atoms with van der Waals surface area (Å²) in [5.41, 5.74) is 1.40. The summed E-state index contributed by atoms with van der Waals surface area (Å²) in [6.45, 7) is 9.37. The van der Waals surface area contributed by atoms with E-state index in [0.717, 1.165) is 10.6 Å². The number of halogens is 1. The molecule has 0 radical (unpaired) electrons. The predicted octanol–water partition coefficient (Wildman–Crippen LogP) is 3.21. The molecule has 3 nitrogen and oxygen atoms in total. The molecule has 0 aromatic heterocycles. The Labute approximate surface area is 125 Å². The van der Waals surface area contributed by atoms with Gasteiger partial charge in [0.15, 0.2) is 0 Å². The number of nitrogens with zero attached hydrogens (tertiary/aromatic N) is 1. The Kier molecular flexibility index (Phi) is 2.93. The van der Waals surface area contributed by atoms with Crippen LogP contribution in [-0.4, -0.2) is 23.4 Å². The van der Waals surface area contributed by atoms with Gasteiger partial charge in [-0.2, -0.15) is 0 Å². The molecule has 1 aromatic rings. The molecule has 1 heterocycles. The standard InChI is InChI=1S/C16H21ClN2O/c1-15(2)14(16(15,3)4)19-12(20)9-18-13(19)10-5-7-11(17)8-6-10/h5-8,13-14,18H,9H2,1-4H3. The summed E-state index contributed by atoms with van der Waals surface area (Å²) in [6, 6.07) is 8.02. The number of rotatable bonds is 2. The first-order valence-electron chi connectivity index (χ1n) is 7.07. The first-order valence-corrected chi connectivity index (χ1v) is 7.44. The fourth-order valence-electron chi connectivity index (χ4n) is 3.59. The third kappa shape index (κ3) is 1.80. The van der Waals surface area contributed by atoms with E-state index in [2.05, 4.69) is 33.0 Å². The molecule has 2 fully saturated rings. The molecule has 1 aromatic carbocycles. The van der Waals surface area contributed by atoms with E-state index >= 15 is 0 Å². The normalized spacial score (nSPS) is 27.9. The quantitative estimate of drug-likeness (QED) is 0.908. The zero-order valence-electron chi connectivity index (χ0n) is 12.4. The SMILES string of the molecule is CC1(C)C(N2C(=O)CNC2c2ccc(Cl)cc2)C1(C)C. The highest BCUT2D eigenvalue weighted by Gasteiger charge is 2.69. The molecule has 1 amide bonds. The molecular weight excluding hydrogens is 272 g/mol. The topological polar surface area (TPSA) is 32.3 Å². The summed E-state index contributed by atoms with van der Waals surface area (Å²) >= 11 is 5.95. The Balaban J connectivity index is 1.93. The molecular formula is C16H21ClN2O. The van der Waals surface area contributed by atoms with Gasteiger partial charge in [-0.3, -0.25) is 10.1 Å². The number of carbonyl (C=O) groups is 1. The van der Waals surface area contributed by atoms with Gasteiger partial charge in [0.2, 0.25) is 5.91 Å². The maximum atomic E-state index is 12.3. The lowest BCUT2D eigenvalue weighted by Crippen LogP contribution is -2.35. The van der Waals surface area contributed by atoms with E-state index in [1.54, 1.807) is 0 Å². The van der Waals surface area contributed by atoms with Crippen molar-refractivity contribution in [3.05, 3.63) is 34.9 Å². The van der Waals surface area contributed by atoms with Crippen LogP contribution in [0.3, 0.4) is 0 Å². The highest BCUT2D eigenvalue weighted by atomic mass is 35.5. The average Bonchev–Trinajstić information content (AvgIpc) is 2.66. The zero-order valence-corrected chi connectivity index (χ0v) is 13.2. The molecule has 1 aliphatic heterocycles. The first kappa shape index (κ1) is 13.9. The van der Waals surface area contributed by atoms with Gasteiger partial charge in [-0.15, -0.1) is 0 Å². The van der Waals surface area contributed by atoms with Crippen molar-refractivity contribution < 1.29 is 4.79 Å². The highest BCUT2D eigenvalue weighted by Crippen LogP contribution is 2.66. The molecule has 3 rings (SSSR count). The molecule has 2 aliphatic rings. The second kappa shape index (κ2) is 4.22. The Morgan fingerprint density at radius 2 is 1.70 bits per heavy atom. The van der Waals surface area contributed by atoms with Gasteiger partial charge in [0.05, 0.1) is 6.54 Å². The molecule has 1 atom stereocenters. The van der Waals surface area contributed by atoms with Crippen molar-refractivity contribution in [2.24, 2.45) is 10.8 Å². The van der Waals surface area contributed by atoms with Gasteiger partial charge in [0.1, 0.15) is 6.17 Å². The molecule has 0 bridgehead atoms. The summed E-state index contributed by atoms with van der Waals surface area (Å²) in [5.74, 6) is 0.189. The number of hydrogen-bond acceptors (Lipinski definition) is 2. The van der Waals surface area contributed by atoms with Crippen LogP contribution in [0.1, 0.15) is 39.4 Å². The lowest BCUT2D eigenvalue weighted by atomic mass is 10.0. The van der Waals surface area contributed by atoms with Crippen molar-refractivity contribution in [2.45, 2.75) is 39.9 Å². The lowest BCUT2D eigenvalue weighted by molar-refractivity contribution is -0.129. The van der Waals surface area contributed by atoms with E-state index in [4.69, 9.17) is 11.6 Å². The van der Waals surface area contributed by atoms with Crippen LogP contribution in [0.4, 0.5) is 0 Å². The van der Waals surface area contributed by atoms with E-state index in [0.29, 0.717) is 6.54 Å². The molecule has 1 N–H and O–H groups in total. The monoisotopic (exact) mass is 292 g/mol. The number of hydrogen-bond donors (Lipinski definition) is 1. The van der Waals surface area contributed by atoms with E-state index in [9.17, 15) is 4.79 Å². The van der Waals surface area contributed by atoms with Gasteiger partial charge >= 0.3 is 0 Å². The molecule has 20 heavy (non-hydrogen) atoms. The maximum Gasteiger partial charge on any atom is 0.238 e. The molecule has 4 heteroatoms. The van der Waals surface area contributed by atoms with Crippen molar-refractivity contribution in [3.8, 4) is 0 Å². The molecule has 108 valence electrons. The van der Waals surface area contributed by atoms with Crippen molar-refractivity contribution in [2.75, 3.05) is 6.54 Å². The van der Waals surface area contributed by atoms with Crippen molar-refractivity contribution in [3.63, 3.8) is 0 Å². The Morgan fingerprint density at radius 1 is 1.15 bits per heavy atom. The van der Waals surface area contributed by atoms with Crippen LogP contribution in [0, 0.1) is 10.8 Å². The molecule has 1 saturated carbocycles. The van der Waals surface area contributed by atoms with Gasteiger partial charge in [-0.25, -0.2) is 0 Å². The van der Waals surface area contributed by atoms with Crippen molar-refractivity contribution in [1.82, 2.24) is 10.2 Å². The summed E-state index contributed by atoms with van der Waals surface area (Å²) in [7, 11) is 0. The number of benzene rings is 1. The van der Waals surface area contributed by atoms with Crippen LogP contribution in [0.2, 0.25) is 5.02 Å². The van der Waals surface area contributed by atoms with Crippen LogP contribution < -0.4 is 5.32 Å². The van der Waals surface area contributed by atoms with Gasteiger partial charge in [0, 0.05) is 11.1 Å². The van der Waals surface area contributed by atoms with Crippen LogP contribution in [-0.2, 0) is 4.79 Å². The van der Waals surface area contributed by atoms with E-state index in [1.807, 2.05) is 29.2 Å². The summed E-state index contributed by atoms with van der Waals surface area (Å²) in [6.07, 6.45) is -0.0363. The Bertz CT molecular complexity index is 536. The van der Waals surface area contributed by atoms with E-state index in [-0.39, 0.29) is 28.9 Å². The van der Waals surface area contributed by atoms with Crippen molar-refractivity contribution in [1.29, 1.82) is 0 Å². The number of amides is 1. The maximum absolute atomic E-state index is 12.3. The fourth-order valence-corrected chi connectivity index (χ4v) is 3.72. The molecule has 1 aliphatic carbocycles. The summed E-state index contributed by atoms with van der Waals surface area (Å²) in [4.78, 5) is 14.4. The van der Waals surface area contributed by atoms with Crippen LogP contribution in [0.5, 0.6) is 0 Å². The van der Waals surface area contributed by atoms with Gasteiger partial charge in [0.25, 0.3) is 0 Å². The first-order chi connectivity index (χ1) is 9.26.